The molecule has 6 heteroatoms. The summed E-state index contributed by atoms with van der Waals surface area (Å²) in [5.41, 5.74) is 7.25. The van der Waals surface area contributed by atoms with Gasteiger partial charge in [0.1, 0.15) is 5.82 Å². The van der Waals surface area contributed by atoms with Gasteiger partial charge in [0.05, 0.1) is 5.69 Å². The van der Waals surface area contributed by atoms with Crippen molar-refractivity contribution in [2.45, 2.75) is 52.5 Å². The summed E-state index contributed by atoms with van der Waals surface area (Å²) in [4.78, 5) is 0. The molecule has 19 heavy (non-hydrogen) atoms. The fraction of sp³-hybridized carbons (Fsp3) is 0.615. The number of hydrogen-bond donors (Lipinski definition) is 2. The number of hydrogen-bond acceptors (Lipinski definition) is 5. The van der Waals surface area contributed by atoms with Crippen molar-refractivity contribution in [1.29, 1.82) is 0 Å². The molecule has 2 aromatic heterocycles. The van der Waals surface area contributed by atoms with Gasteiger partial charge in [0.15, 0.2) is 5.82 Å². The molecule has 2 rings (SSSR count). The van der Waals surface area contributed by atoms with Crippen molar-refractivity contribution in [3.63, 3.8) is 0 Å². The van der Waals surface area contributed by atoms with Crippen molar-refractivity contribution >= 4 is 17.2 Å². The summed E-state index contributed by atoms with van der Waals surface area (Å²) in [6.45, 7) is 8.44. The van der Waals surface area contributed by atoms with Crippen molar-refractivity contribution in [3.8, 4) is 0 Å². The molecule has 104 valence electrons. The Morgan fingerprint density at radius 1 is 1.26 bits per heavy atom. The molecule has 0 bridgehead atoms. The van der Waals surface area contributed by atoms with Gasteiger partial charge in [-0.1, -0.05) is 27.7 Å². The Bertz CT molecular complexity index is 556. The van der Waals surface area contributed by atoms with Crippen LogP contribution < -0.4 is 11.1 Å². The molecule has 0 atom stereocenters. The molecule has 0 aliphatic carbocycles. The van der Waals surface area contributed by atoms with Gasteiger partial charge in [-0.25, -0.2) is 0 Å². The van der Waals surface area contributed by atoms with Crippen LogP contribution in [0.3, 0.4) is 0 Å². The van der Waals surface area contributed by atoms with Crippen LogP contribution in [0.2, 0.25) is 0 Å². The van der Waals surface area contributed by atoms with E-state index in [0.717, 1.165) is 24.5 Å². The predicted molar refractivity (Wildman–Crippen MR) is 77.3 cm³/mol. The minimum atomic E-state index is 0.255. The average molecular weight is 262 g/mol. The van der Waals surface area contributed by atoms with Crippen molar-refractivity contribution in [3.05, 3.63) is 11.9 Å². The Hall–Kier alpha value is -1.85. The van der Waals surface area contributed by atoms with Gasteiger partial charge < -0.3 is 11.1 Å². The summed E-state index contributed by atoms with van der Waals surface area (Å²) in [7, 11) is 0. The van der Waals surface area contributed by atoms with Crippen LogP contribution in [-0.2, 0) is 0 Å². The number of nitrogen functional groups attached to an aromatic ring is 1. The van der Waals surface area contributed by atoms with Crippen LogP contribution in [0.15, 0.2) is 6.07 Å². The molecule has 0 aromatic carbocycles. The monoisotopic (exact) mass is 262 g/mol. The second-order valence-corrected chi connectivity index (χ2v) is 5.09. The zero-order valence-corrected chi connectivity index (χ0v) is 12.0. The highest BCUT2D eigenvalue weighted by molar-refractivity contribution is 5.67. The Morgan fingerprint density at radius 2 is 1.95 bits per heavy atom. The lowest BCUT2D eigenvalue weighted by molar-refractivity contribution is 0.661. The second kappa shape index (κ2) is 5.42. The number of rotatable bonds is 5. The van der Waals surface area contributed by atoms with Gasteiger partial charge in [0.2, 0.25) is 5.65 Å². The van der Waals surface area contributed by atoms with E-state index in [1.54, 1.807) is 4.52 Å². The first-order valence-electron chi connectivity index (χ1n) is 6.85. The third-order valence-electron chi connectivity index (χ3n) is 3.28. The van der Waals surface area contributed by atoms with E-state index in [9.17, 15) is 0 Å². The molecular weight excluding hydrogens is 240 g/mol. The largest absolute Gasteiger partial charge is 0.396 e. The van der Waals surface area contributed by atoms with Gasteiger partial charge in [-0.2, -0.15) is 4.52 Å². The lowest BCUT2D eigenvalue weighted by Gasteiger charge is -2.16. The summed E-state index contributed by atoms with van der Waals surface area (Å²) in [6.07, 6.45) is 2.10. The summed E-state index contributed by atoms with van der Waals surface area (Å²) in [5.74, 6) is 1.86. The topological polar surface area (TPSA) is 81.1 Å². The Labute approximate surface area is 113 Å². The van der Waals surface area contributed by atoms with Gasteiger partial charge in [0, 0.05) is 18.0 Å². The lowest BCUT2D eigenvalue weighted by Crippen LogP contribution is -2.19. The van der Waals surface area contributed by atoms with Crippen LogP contribution in [-0.4, -0.2) is 25.9 Å². The van der Waals surface area contributed by atoms with E-state index in [2.05, 4.69) is 48.3 Å². The summed E-state index contributed by atoms with van der Waals surface area (Å²) in [6, 6.07) is 2.23. The number of aromatic nitrogens is 4. The smallest absolute Gasteiger partial charge is 0.200 e. The van der Waals surface area contributed by atoms with E-state index in [4.69, 9.17) is 5.73 Å². The normalized spacial score (nSPS) is 11.7. The number of fused-ring (bicyclic) bond motifs is 1. The second-order valence-electron chi connectivity index (χ2n) is 5.09. The quantitative estimate of drug-likeness (QED) is 0.865. The molecule has 3 N–H and O–H groups in total. The number of anilines is 2. The molecule has 0 saturated carbocycles. The molecule has 0 spiro atoms. The molecule has 6 nitrogen and oxygen atoms in total. The molecule has 2 heterocycles. The first kappa shape index (κ1) is 13.6. The average Bonchev–Trinajstić information content (AvgIpc) is 2.80. The van der Waals surface area contributed by atoms with E-state index < -0.39 is 0 Å². The Morgan fingerprint density at radius 3 is 2.53 bits per heavy atom. The van der Waals surface area contributed by atoms with E-state index in [1.807, 2.05) is 6.07 Å². The molecule has 0 aliphatic heterocycles. The van der Waals surface area contributed by atoms with Crippen molar-refractivity contribution in [2.75, 3.05) is 11.1 Å². The highest BCUT2D eigenvalue weighted by Crippen LogP contribution is 2.20. The number of nitrogens with one attached hydrogen (secondary N) is 1. The fourth-order valence-electron chi connectivity index (χ4n) is 2.05. The molecule has 0 saturated heterocycles. The Balaban J connectivity index is 2.44. The molecule has 0 amide bonds. The number of nitrogens with zero attached hydrogens (tertiary/aromatic N) is 4. The van der Waals surface area contributed by atoms with Crippen LogP contribution in [0.5, 0.6) is 0 Å². The summed E-state index contributed by atoms with van der Waals surface area (Å²) >= 11 is 0. The lowest BCUT2D eigenvalue weighted by atomic mass is 10.2. The van der Waals surface area contributed by atoms with Crippen LogP contribution >= 0.6 is 0 Å². The minimum Gasteiger partial charge on any atom is -0.396 e. The summed E-state index contributed by atoms with van der Waals surface area (Å²) < 4.78 is 1.74. The summed E-state index contributed by atoms with van der Waals surface area (Å²) in [5, 5.41) is 16.2. The fourth-order valence-corrected chi connectivity index (χ4v) is 2.05. The van der Waals surface area contributed by atoms with E-state index in [-0.39, 0.29) is 5.92 Å². The van der Waals surface area contributed by atoms with E-state index >= 15 is 0 Å². The van der Waals surface area contributed by atoms with Gasteiger partial charge in [0.25, 0.3) is 0 Å². The van der Waals surface area contributed by atoms with Crippen LogP contribution in [0, 0.1) is 0 Å². The van der Waals surface area contributed by atoms with Crippen LogP contribution in [0.4, 0.5) is 11.5 Å². The zero-order chi connectivity index (χ0) is 14.0. The predicted octanol–water partition coefficient (Wildman–Crippen LogP) is 2.43. The molecule has 0 radical (unpaired) electrons. The standard InChI is InChI=1S/C13H22N6/c1-5-9(6-2)15-11-7-10(14)13-17-16-12(8(3)4)19(13)18-11/h7-9H,5-6,14H2,1-4H3,(H,15,18). The highest BCUT2D eigenvalue weighted by Gasteiger charge is 2.14. The van der Waals surface area contributed by atoms with E-state index in [0.29, 0.717) is 17.4 Å². The Kier molecular flexibility index (Phi) is 3.87. The molecule has 0 aliphatic rings. The van der Waals surface area contributed by atoms with Gasteiger partial charge in [-0.05, 0) is 12.8 Å². The zero-order valence-electron chi connectivity index (χ0n) is 12.0. The number of nitrogens with two attached hydrogens (primary N) is 1. The maximum Gasteiger partial charge on any atom is 0.200 e. The first-order valence-corrected chi connectivity index (χ1v) is 6.85. The first-order chi connectivity index (χ1) is 9.06. The maximum atomic E-state index is 6.03. The van der Waals surface area contributed by atoms with Gasteiger partial charge >= 0.3 is 0 Å². The van der Waals surface area contributed by atoms with Crippen molar-refractivity contribution in [1.82, 2.24) is 19.8 Å². The highest BCUT2D eigenvalue weighted by atomic mass is 15.4. The SMILES string of the molecule is CCC(CC)Nc1cc(N)c2nnc(C(C)C)n2n1. The third-order valence-corrected chi connectivity index (χ3v) is 3.28. The van der Waals surface area contributed by atoms with Crippen LogP contribution in [0.1, 0.15) is 52.3 Å². The minimum absolute atomic E-state index is 0.255. The van der Waals surface area contributed by atoms with Gasteiger partial charge in [-0.15, -0.1) is 15.3 Å². The molecule has 0 fully saturated rings. The van der Waals surface area contributed by atoms with Crippen LogP contribution in [0.25, 0.3) is 5.65 Å². The maximum absolute atomic E-state index is 6.03. The third kappa shape index (κ3) is 2.62. The molecule has 0 unspecified atom stereocenters. The molecule has 2 aromatic rings. The molecular formula is C13H22N6. The van der Waals surface area contributed by atoms with Gasteiger partial charge in [-0.3, -0.25) is 0 Å². The van der Waals surface area contributed by atoms with E-state index in [1.165, 1.54) is 0 Å². The van der Waals surface area contributed by atoms with Crippen molar-refractivity contribution < 1.29 is 0 Å². The van der Waals surface area contributed by atoms with Crippen molar-refractivity contribution in [2.24, 2.45) is 0 Å².